The Hall–Kier alpha value is -0.940. The van der Waals surface area contributed by atoms with E-state index in [9.17, 15) is 9.90 Å². The fourth-order valence-corrected chi connectivity index (χ4v) is 4.22. The first-order chi connectivity index (χ1) is 9.15. The third-order valence-electron chi connectivity index (χ3n) is 2.92. The average molecular weight is 295 g/mol. The predicted molar refractivity (Wildman–Crippen MR) is 82.8 cm³/mol. The molecule has 0 saturated carbocycles. The van der Waals surface area contributed by atoms with Gasteiger partial charge in [0, 0.05) is 4.90 Å². The third-order valence-corrected chi connectivity index (χ3v) is 5.95. The minimum Gasteiger partial charge on any atom is -0.480 e. The molecule has 0 aliphatic carbocycles. The molecule has 0 fully saturated rings. The lowest BCUT2D eigenvalue weighted by Crippen LogP contribution is -2.23. The van der Waals surface area contributed by atoms with Crippen molar-refractivity contribution in [3.63, 3.8) is 0 Å². The van der Waals surface area contributed by atoms with Crippen LogP contribution in [0.1, 0.15) is 26.7 Å². The molecule has 1 aromatic rings. The molecule has 0 spiro atoms. The smallest absolute Gasteiger partial charge is 0.317 e. The van der Waals surface area contributed by atoms with Gasteiger partial charge in [0.25, 0.3) is 0 Å². The van der Waals surface area contributed by atoms with E-state index in [1.165, 1.54) is 16.7 Å². The Balaban J connectivity index is 2.26. The molecule has 0 aromatic heterocycles. The predicted octanol–water partition coefficient (Wildman–Crippen LogP) is 4.20. The number of carboxylic acids is 1. The van der Waals surface area contributed by atoms with Gasteiger partial charge in [-0.15, -0.1) is 11.8 Å². The Morgan fingerprint density at radius 1 is 1.47 bits per heavy atom. The summed E-state index contributed by atoms with van der Waals surface area (Å²) >= 11 is 3.18. The van der Waals surface area contributed by atoms with Crippen LogP contribution in [0, 0.1) is 0 Å². The van der Waals surface area contributed by atoms with Gasteiger partial charge in [0.1, 0.15) is 5.25 Å². The summed E-state index contributed by atoms with van der Waals surface area (Å²) < 4.78 is 0. The van der Waals surface area contributed by atoms with Gasteiger partial charge >= 0.3 is 5.97 Å². The van der Waals surface area contributed by atoms with E-state index >= 15 is 0 Å². The van der Waals surface area contributed by atoms with Gasteiger partial charge in [0.15, 0.2) is 0 Å². The summed E-state index contributed by atoms with van der Waals surface area (Å²) in [5.41, 5.74) is 0.958. The van der Waals surface area contributed by atoms with Crippen LogP contribution >= 0.6 is 23.5 Å². The number of carboxylic acid groups (broad SMARTS) is 1. The molecule has 3 nitrogen and oxygen atoms in total. The highest BCUT2D eigenvalue weighted by Gasteiger charge is 2.27. The van der Waals surface area contributed by atoms with Crippen molar-refractivity contribution in [2.45, 2.75) is 42.1 Å². The van der Waals surface area contributed by atoms with E-state index in [2.05, 4.69) is 18.0 Å². The van der Waals surface area contributed by atoms with Gasteiger partial charge in [-0.25, -0.2) is 4.99 Å². The minimum absolute atomic E-state index is 0.272. The highest BCUT2D eigenvalue weighted by atomic mass is 32.2. The first kappa shape index (κ1) is 14.5. The Morgan fingerprint density at radius 3 is 2.84 bits per heavy atom. The van der Waals surface area contributed by atoms with E-state index < -0.39 is 11.2 Å². The number of hydrogen-bond donors (Lipinski definition) is 1. The van der Waals surface area contributed by atoms with Gasteiger partial charge in [-0.1, -0.05) is 37.7 Å². The van der Waals surface area contributed by atoms with Crippen molar-refractivity contribution < 1.29 is 9.90 Å². The summed E-state index contributed by atoms with van der Waals surface area (Å²) in [6, 6.07) is 8.03. The number of para-hydroxylation sites is 1. The minimum atomic E-state index is -0.756. The van der Waals surface area contributed by atoms with Crippen LogP contribution in [0.3, 0.4) is 0 Å². The summed E-state index contributed by atoms with van der Waals surface area (Å²) in [5, 5.41) is 9.99. The van der Waals surface area contributed by atoms with Crippen LogP contribution in [0.15, 0.2) is 34.2 Å². The van der Waals surface area contributed by atoms with E-state index in [1.807, 2.05) is 25.1 Å². The molecule has 1 N–H and O–H groups in total. The molecule has 19 heavy (non-hydrogen) atoms. The normalized spacial score (nSPS) is 19.5. The van der Waals surface area contributed by atoms with Crippen molar-refractivity contribution in [3.8, 4) is 0 Å². The number of carbonyl (C=O) groups is 1. The maximum Gasteiger partial charge on any atom is 0.317 e. The molecule has 0 saturated heterocycles. The number of fused-ring (bicyclic) bond motifs is 1. The molecular weight excluding hydrogens is 278 g/mol. The Morgan fingerprint density at radius 2 is 2.21 bits per heavy atom. The monoisotopic (exact) mass is 295 g/mol. The number of aliphatic imine (C=N–C) groups is 1. The van der Waals surface area contributed by atoms with E-state index in [1.54, 1.807) is 11.8 Å². The van der Waals surface area contributed by atoms with E-state index in [0.717, 1.165) is 17.2 Å². The number of rotatable bonds is 4. The number of aliphatic carboxylic acids is 1. The molecule has 2 unspecified atom stereocenters. The summed E-state index contributed by atoms with van der Waals surface area (Å²) in [7, 11) is 0. The third kappa shape index (κ3) is 3.34. The van der Waals surface area contributed by atoms with Crippen LogP contribution in [-0.4, -0.2) is 26.6 Å². The molecule has 0 amide bonds. The molecule has 102 valence electrons. The zero-order valence-electron chi connectivity index (χ0n) is 11.0. The van der Waals surface area contributed by atoms with E-state index in [-0.39, 0.29) is 5.25 Å². The number of nitrogens with zero attached hydrogens (tertiary/aromatic N) is 1. The largest absolute Gasteiger partial charge is 0.480 e. The van der Waals surface area contributed by atoms with Crippen LogP contribution in [0.4, 0.5) is 5.69 Å². The average Bonchev–Trinajstić information content (AvgIpc) is 2.43. The van der Waals surface area contributed by atoms with Gasteiger partial charge in [-0.3, -0.25) is 4.79 Å². The van der Waals surface area contributed by atoms with Crippen molar-refractivity contribution >= 4 is 40.2 Å². The van der Waals surface area contributed by atoms with Crippen LogP contribution in [0.5, 0.6) is 0 Å². The quantitative estimate of drug-likeness (QED) is 0.904. The van der Waals surface area contributed by atoms with Crippen molar-refractivity contribution in [3.05, 3.63) is 24.3 Å². The van der Waals surface area contributed by atoms with Crippen molar-refractivity contribution in [1.82, 2.24) is 0 Å². The molecule has 1 aliphatic rings. The first-order valence-corrected chi connectivity index (χ1v) is 8.15. The number of thioether (sulfide) groups is 2. The standard InChI is InChI=1S/C14H17NO2S2/c1-3-10-13(19-11(4-2)14(16)17)15-9-7-5-6-8-12(9)18-10/h5-8,10-11H,3-4H2,1-2H3,(H,16,17). The summed E-state index contributed by atoms with van der Waals surface area (Å²) in [6.07, 6.45) is 1.57. The maximum absolute atomic E-state index is 11.2. The molecule has 5 heteroatoms. The summed E-state index contributed by atoms with van der Waals surface area (Å²) in [6.45, 7) is 4.01. The molecule has 2 atom stereocenters. The SMILES string of the molecule is CCC(SC1=Nc2ccccc2SC1CC)C(=O)O. The number of benzene rings is 1. The van der Waals surface area contributed by atoms with Gasteiger partial charge in [-0.05, 0) is 25.0 Å². The highest BCUT2D eigenvalue weighted by Crippen LogP contribution is 2.42. The van der Waals surface area contributed by atoms with Crippen LogP contribution < -0.4 is 0 Å². The molecule has 0 radical (unpaired) electrons. The second-order valence-electron chi connectivity index (χ2n) is 4.29. The van der Waals surface area contributed by atoms with E-state index in [0.29, 0.717) is 6.42 Å². The van der Waals surface area contributed by atoms with Gasteiger partial charge < -0.3 is 5.11 Å². The second kappa shape index (κ2) is 6.48. The fourth-order valence-electron chi connectivity index (χ4n) is 1.86. The van der Waals surface area contributed by atoms with Gasteiger partial charge in [0.05, 0.1) is 16.0 Å². The van der Waals surface area contributed by atoms with Gasteiger partial charge in [-0.2, -0.15) is 0 Å². The summed E-state index contributed by atoms with van der Waals surface area (Å²) in [5.74, 6) is -0.756. The first-order valence-electron chi connectivity index (χ1n) is 6.39. The van der Waals surface area contributed by atoms with Crippen molar-refractivity contribution in [2.24, 2.45) is 4.99 Å². The van der Waals surface area contributed by atoms with E-state index in [4.69, 9.17) is 0 Å². The highest BCUT2D eigenvalue weighted by molar-refractivity contribution is 8.17. The Labute approximate surface area is 121 Å². The summed E-state index contributed by atoms with van der Waals surface area (Å²) in [4.78, 5) is 17.0. The molecule has 1 heterocycles. The van der Waals surface area contributed by atoms with Crippen molar-refractivity contribution in [2.75, 3.05) is 0 Å². The Kier molecular flexibility index (Phi) is 4.93. The molecular formula is C14H17NO2S2. The van der Waals surface area contributed by atoms with Crippen LogP contribution in [-0.2, 0) is 4.79 Å². The van der Waals surface area contributed by atoms with Gasteiger partial charge in [0.2, 0.25) is 0 Å². The van der Waals surface area contributed by atoms with Crippen LogP contribution in [0.2, 0.25) is 0 Å². The molecule has 0 bridgehead atoms. The van der Waals surface area contributed by atoms with Crippen molar-refractivity contribution in [1.29, 1.82) is 0 Å². The molecule has 1 aliphatic heterocycles. The maximum atomic E-state index is 11.2. The molecule has 2 rings (SSSR count). The second-order valence-corrected chi connectivity index (χ2v) is 6.75. The lowest BCUT2D eigenvalue weighted by molar-refractivity contribution is -0.136. The lowest BCUT2D eigenvalue weighted by Gasteiger charge is -2.24. The fraction of sp³-hybridized carbons (Fsp3) is 0.429. The number of hydrogen-bond acceptors (Lipinski definition) is 4. The topological polar surface area (TPSA) is 49.7 Å². The molecule has 1 aromatic carbocycles. The van der Waals surface area contributed by atoms with Crippen LogP contribution in [0.25, 0.3) is 0 Å². The lowest BCUT2D eigenvalue weighted by atomic mass is 10.3. The zero-order chi connectivity index (χ0) is 13.8. The Bertz CT molecular complexity index is 502. The zero-order valence-corrected chi connectivity index (χ0v) is 12.6.